The molecule has 0 aliphatic heterocycles. The van der Waals surface area contributed by atoms with E-state index in [-0.39, 0.29) is 6.61 Å². The van der Waals surface area contributed by atoms with Gasteiger partial charge in [-0.1, -0.05) is 0 Å². The minimum atomic E-state index is -0.0667. The van der Waals surface area contributed by atoms with Crippen molar-refractivity contribution in [1.82, 2.24) is 9.97 Å². The number of pyridine rings is 1. The van der Waals surface area contributed by atoms with Crippen LogP contribution in [0.3, 0.4) is 0 Å². The lowest BCUT2D eigenvalue weighted by molar-refractivity contribution is 0.277. The van der Waals surface area contributed by atoms with Crippen molar-refractivity contribution in [3.05, 3.63) is 24.2 Å². The largest absolute Gasteiger partial charge is 0.442 e. The van der Waals surface area contributed by atoms with Gasteiger partial charge in [-0.25, -0.2) is 4.98 Å². The lowest BCUT2D eigenvalue weighted by Gasteiger charge is -1.91. The highest BCUT2D eigenvalue weighted by Crippen LogP contribution is 2.09. The van der Waals surface area contributed by atoms with Crippen LogP contribution in [-0.4, -0.2) is 15.1 Å². The molecule has 2 heterocycles. The van der Waals surface area contributed by atoms with Gasteiger partial charge in [0.15, 0.2) is 17.6 Å². The quantitative estimate of drug-likeness (QED) is 0.650. The molecule has 0 spiro atoms. The van der Waals surface area contributed by atoms with Gasteiger partial charge in [-0.3, -0.25) is 0 Å². The fourth-order valence-electron chi connectivity index (χ4n) is 0.880. The van der Waals surface area contributed by atoms with Gasteiger partial charge < -0.3 is 9.52 Å². The second kappa shape index (κ2) is 2.32. The zero-order valence-corrected chi connectivity index (χ0v) is 5.69. The highest BCUT2D eigenvalue weighted by Gasteiger charge is 1.99. The molecule has 0 unspecified atom stereocenters. The standard InChI is InChI=1S/C7H6N2O2/c10-3-5-1-2-6-7(9-5)8-4-11-6/h1-2,4,10H,3H2. The van der Waals surface area contributed by atoms with Gasteiger partial charge in [-0.05, 0) is 12.1 Å². The van der Waals surface area contributed by atoms with Gasteiger partial charge in [0.05, 0.1) is 12.3 Å². The van der Waals surface area contributed by atoms with Gasteiger partial charge in [-0.15, -0.1) is 0 Å². The summed E-state index contributed by atoms with van der Waals surface area (Å²) in [5.74, 6) is 0. The average molecular weight is 150 g/mol. The third kappa shape index (κ3) is 0.969. The second-order valence-corrected chi connectivity index (χ2v) is 2.13. The van der Waals surface area contributed by atoms with E-state index in [0.717, 1.165) is 0 Å². The van der Waals surface area contributed by atoms with Crippen LogP contribution in [0.4, 0.5) is 0 Å². The highest BCUT2D eigenvalue weighted by atomic mass is 16.3. The summed E-state index contributed by atoms with van der Waals surface area (Å²) < 4.78 is 4.96. The Bertz CT molecular complexity index is 369. The van der Waals surface area contributed by atoms with E-state index in [1.54, 1.807) is 12.1 Å². The molecule has 0 saturated heterocycles. The van der Waals surface area contributed by atoms with Crippen molar-refractivity contribution in [1.29, 1.82) is 0 Å². The van der Waals surface area contributed by atoms with Crippen LogP contribution in [-0.2, 0) is 6.61 Å². The minimum absolute atomic E-state index is 0.0667. The molecule has 56 valence electrons. The van der Waals surface area contributed by atoms with Crippen molar-refractivity contribution >= 4 is 11.2 Å². The fraction of sp³-hybridized carbons (Fsp3) is 0.143. The Morgan fingerprint density at radius 3 is 3.18 bits per heavy atom. The number of hydrogen-bond acceptors (Lipinski definition) is 4. The van der Waals surface area contributed by atoms with Crippen LogP contribution in [0.5, 0.6) is 0 Å². The molecule has 0 bridgehead atoms. The van der Waals surface area contributed by atoms with Crippen LogP contribution in [0.1, 0.15) is 5.69 Å². The summed E-state index contributed by atoms with van der Waals surface area (Å²) in [6, 6.07) is 3.44. The van der Waals surface area contributed by atoms with Crippen molar-refractivity contribution in [3.8, 4) is 0 Å². The summed E-state index contributed by atoms with van der Waals surface area (Å²) in [5, 5.41) is 8.71. The molecule has 1 N–H and O–H groups in total. The number of aliphatic hydroxyl groups excluding tert-OH is 1. The molecular weight excluding hydrogens is 144 g/mol. The number of aliphatic hydroxyl groups is 1. The van der Waals surface area contributed by atoms with Crippen molar-refractivity contribution < 1.29 is 9.52 Å². The average Bonchev–Trinajstić information content (AvgIpc) is 2.50. The molecule has 11 heavy (non-hydrogen) atoms. The number of hydrogen-bond donors (Lipinski definition) is 1. The second-order valence-electron chi connectivity index (χ2n) is 2.13. The Morgan fingerprint density at radius 1 is 1.45 bits per heavy atom. The smallest absolute Gasteiger partial charge is 0.198 e. The SMILES string of the molecule is OCc1ccc2ocnc2n1. The molecule has 0 aromatic carbocycles. The highest BCUT2D eigenvalue weighted by molar-refractivity contribution is 5.66. The molecule has 2 rings (SSSR count). The summed E-state index contributed by atoms with van der Waals surface area (Å²) in [6.45, 7) is -0.0667. The van der Waals surface area contributed by atoms with E-state index in [1.165, 1.54) is 6.39 Å². The van der Waals surface area contributed by atoms with E-state index in [1.807, 2.05) is 0 Å². The lowest BCUT2D eigenvalue weighted by Crippen LogP contribution is -1.87. The third-order valence-corrected chi connectivity index (χ3v) is 1.41. The van der Waals surface area contributed by atoms with E-state index in [4.69, 9.17) is 9.52 Å². The van der Waals surface area contributed by atoms with Crippen LogP contribution >= 0.6 is 0 Å². The molecule has 0 aliphatic rings. The maximum atomic E-state index is 8.71. The summed E-state index contributed by atoms with van der Waals surface area (Å²) in [5.41, 5.74) is 1.78. The summed E-state index contributed by atoms with van der Waals surface area (Å²) >= 11 is 0. The molecule has 2 aromatic heterocycles. The first kappa shape index (κ1) is 6.30. The van der Waals surface area contributed by atoms with Crippen LogP contribution < -0.4 is 0 Å². The predicted molar refractivity (Wildman–Crippen MR) is 37.7 cm³/mol. The van der Waals surface area contributed by atoms with E-state index in [2.05, 4.69) is 9.97 Å². The Kier molecular flexibility index (Phi) is 1.33. The van der Waals surface area contributed by atoms with E-state index >= 15 is 0 Å². The number of rotatable bonds is 1. The van der Waals surface area contributed by atoms with Crippen LogP contribution in [0.2, 0.25) is 0 Å². The third-order valence-electron chi connectivity index (χ3n) is 1.41. The molecule has 0 aliphatic carbocycles. The van der Waals surface area contributed by atoms with Gasteiger partial charge in [0, 0.05) is 0 Å². The Labute approximate surface area is 62.5 Å². The summed E-state index contributed by atoms with van der Waals surface area (Å²) in [4.78, 5) is 7.84. The maximum Gasteiger partial charge on any atom is 0.198 e. The first-order valence-corrected chi connectivity index (χ1v) is 3.20. The van der Waals surface area contributed by atoms with Gasteiger partial charge in [-0.2, -0.15) is 4.98 Å². The van der Waals surface area contributed by atoms with E-state index in [9.17, 15) is 0 Å². The Hall–Kier alpha value is -1.42. The number of nitrogens with zero attached hydrogens (tertiary/aromatic N) is 2. The van der Waals surface area contributed by atoms with Crippen molar-refractivity contribution in [2.45, 2.75) is 6.61 Å². The van der Waals surface area contributed by atoms with E-state index in [0.29, 0.717) is 16.9 Å². The van der Waals surface area contributed by atoms with Crippen molar-refractivity contribution in [2.75, 3.05) is 0 Å². The number of oxazole rings is 1. The summed E-state index contributed by atoms with van der Waals surface area (Å²) in [7, 11) is 0. The van der Waals surface area contributed by atoms with Crippen LogP contribution in [0.25, 0.3) is 11.2 Å². The van der Waals surface area contributed by atoms with E-state index < -0.39 is 0 Å². The molecular formula is C7H6N2O2. The van der Waals surface area contributed by atoms with Gasteiger partial charge >= 0.3 is 0 Å². The Balaban J connectivity index is 2.67. The molecule has 0 fully saturated rings. The zero-order chi connectivity index (χ0) is 7.68. The van der Waals surface area contributed by atoms with Gasteiger partial charge in [0.1, 0.15) is 0 Å². The molecule has 4 heteroatoms. The monoisotopic (exact) mass is 150 g/mol. The first-order chi connectivity index (χ1) is 5.40. The summed E-state index contributed by atoms with van der Waals surface area (Å²) in [6.07, 6.45) is 1.33. The lowest BCUT2D eigenvalue weighted by atomic mass is 10.3. The molecule has 0 saturated carbocycles. The first-order valence-electron chi connectivity index (χ1n) is 3.20. The minimum Gasteiger partial charge on any atom is -0.442 e. The molecule has 0 atom stereocenters. The number of aromatic nitrogens is 2. The molecule has 2 aromatic rings. The zero-order valence-electron chi connectivity index (χ0n) is 5.69. The van der Waals surface area contributed by atoms with Crippen molar-refractivity contribution in [3.63, 3.8) is 0 Å². The normalized spacial score (nSPS) is 10.6. The number of fused-ring (bicyclic) bond motifs is 1. The van der Waals surface area contributed by atoms with Crippen LogP contribution in [0.15, 0.2) is 22.9 Å². The molecule has 0 radical (unpaired) electrons. The predicted octanol–water partition coefficient (Wildman–Crippen LogP) is 0.715. The van der Waals surface area contributed by atoms with Gasteiger partial charge in [0.2, 0.25) is 0 Å². The maximum absolute atomic E-state index is 8.71. The molecule has 0 amide bonds. The topological polar surface area (TPSA) is 59.2 Å². The fourth-order valence-corrected chi connectivity index (χ4v) is 0.880. The van der Waals surface area contributed by atoms with Crippen molar-refractivity contribution in [2.24, 2.45) is 0 Å². The molecule has 4 nitrogen and oxygen atoms in total. The van der Waals surface area contributed by atoms with Gasteiger partial charge in [0.25, 0.3) is 0 Å². The Morgan fingerprint density at radius 2 is 2.36 bits per heavy atom. The van der Waals surface area contributed by atoms with Crippen LogP contribution in [0, 0.1) is 0 Å².